The smallest absolute Gasteiger partial charge is 0.221 e. The van der Waals surface area contributed by atoms with Crippen LogP contribution < -0.4 is 14.8 Å². The van der Waals surface area contributed by atoms with E-state index in [0.717, 1.165) is 24.3 Å². The summed E-state index contributed by atoms with van der Waals surface area (Å²) in [4.78, 5) is 15.9. The number of nitrogens with one attached hydrogen (secondary N) is 1. The molecule has 1 aromatic carbocycles. The van der Waals surface area contributed by atoms with Crippen molar-refractivity contribution in [2.45, 2.75) is 25.8 Å². The van der Waals surface area contributed by atoms with Crippen LogP contribution in [0.4, 0.5) is 0 Å². The number of pyridine rings is 1. The van der Waals surface area contributed by atoms with E-state index in [-0.39, 0.29) is 17.9 Å². The summed E-state index contributed by atoms with van der Waals surface area (Å²) in [6.45, 7) is 2.45. The third-order valence-electron chi connectivity index (χ3n) is 4.46. The van der Waals surface area contributed by atoms with Crippen LogP contribution in [0.1, 0.15) is 25.3 Å². The molecule has 2 heterocycles. The highest BCUT2D eigenvalue weighted by Gasteiger charge is 2.31. The Hall–Kier alpha value is -2.85. The van der Waals surface area contributed by atoms with Gasteiger partial charge in [0.1, 0.15) is 18.4 Å². The zero-order chi connectivity index (χ0) is 19.1. The van der Waals surface area contributed by atoms with E-state index in [2.05, 4.69) is 23.3 Å². The highest BCUT2D eigenvalue weighted by Crippen LogP contribution is 2.31. The number of rotatable bonds is 5. The molecule has 2 unspecified atom stereocenters. The molecule has 1 saturated heterocycles. The van der Waals surface area contributed by atoms with Gasteiger partial charge in [0.2, 0.25) is 11.8 Å². The van der Waals surface area contributed by atoms with Gasteiger partial charge in [0.25, 0.3) is 0 Å². The summed E-state index contributed by atoms with van der Waals surface area (Å²) in [6.07, 6.45) is 3.12. The van der Waals surface area contributed by atoms with Crippen molar-refractivity contribution in [1.29, 1.82) is 5.26 Å². The van der Waals surface area contributed by atoms with E-state index in [4.69, 9.17) is 14.6 Å². The van der Waals surface area contributed by atoms with E-state index < -0.39 is 0 Å². The van der Waals surface area contributed by atoms with Crippen LogP contribution in [0.2, 0.25) is 0 Å². The average Bonchev–Trinajstić information content (AvgIpc) is 3.06. The maximum atomic E-state index is 11.6. The van der Waals surface area contributed by atoms with E-state index >= 15 is 0 Å². The monoisotopic (exact) mass is 357 g/mol. The fourth-order valence-corrected chi connectivity index (χ4v) is 3.09. The van der Waals surface area contributed by atoms with Gasteiger partial charge < -0.3 is 19.9 Å². The minimum Gasteiger partial charge on any atom is -0.495 e. The molecule has 1 fully saturated rings. The fraction of sp³-hybridized carbons (Fsp3) is 0.421. The third-order valence-corrected chi connectivity index (χ3v) is 4.46. The Bertz CT molecular complexity index is 816. The summed E-state index contributed by atoms with van der Waals surface area (Å²) in [6, 6.07) is 7.47. The molecule has 2 aromatic rings. The van der Waals surface area contributed by atoms with Crippen molar-refractivity contribution in [3.05, 3.63) is 30.0 Å². The first-order valence-electron chi connectivity index (χ1n) is 8.40. The number of carbonyl (C=O) groups is 1. The standard InChI is InChI=1S/C18H19N3O3.CH4O/c1-3-11-7-17(22)21-15(11)10-24-18-14-8-16(23-2)13(9-19)6-12(14)4-5-20-18;1-2/h4-6,8,11,15H,3,7,10H2,1-2H3,(H,21,22);2H,1H3. The molecule has 7 heteroatoms. The number of methoxy groups -OCH3 is 1. The van der Waals surface area contributed by atoms with Crippen LogP contribution in [-0.2, 0) is 4.79 Å². The molecule has 138 valence electrons. The number of aromatic nitrogens is 1. The van der Waals surface area contributed by atoms with Crippen molar-refractivity contribution in [3.63, 3.8) is 0 Å². The van der Waals surface area contributed by atoms with E-state index in [1.807, 2.05) is 6.07 Å². The van der Waals surface area contributed by atoms with Gasteiger partial charge in [0.05, 0.1) is 18.7 Å². The number of ether oxygens (including phenoxy) is 2. The zero-order valence-electron chi connectivity index (χ0n) is 15.2. The first-order valence-corrected chi connectivity index (χ1v) is 8.40. The van der Waals surface area contributed by atoms with Gasteiger partial charge in [0, 0.05) is 25.1 Å². The van der Waals surface area contributed by atoms with Crippen molar-refractivity contribution in [2.24, 2.45) is 5.92 Å². The molecule has 0 aliphatic carbocycles. The summed E-state index contributed by atoms with van der Waals surface area (Å²) in [5.74, 6) is 1.32. The first kappa shape index (κ1) is 19.5. The number of amides is 1. The highest BCUT2D eigenvalue weighted by molar-refractivity contribution is 5.89. The molecule has 1 aromatic heterocycles. The lowest BCUT2D eigenvalue weighted by Gasteiger charge is -2.18. The average molecular weight is 357 g/mol. The molecule has 26 heavy (non-hydrogen) atoms. The first-order chi connectivity index (χ1) is 12.7. The van der Waals surface area contributed by atoms with E-state index in [1.165, 1.54) is 7.11 Å². The Balaban J connectivity index is 0.00000117. The van der Waals surface area contributed by atoms with Crippen LogP contribution in [0.5, 0.6) is 11.6 Å². The summed E-state index contributed by atoms with van der Waals surface area (Å²) in [7, 11) is 2.53. The lowest BCUT2D eigenvalue weighted by atomic mass is 9.98. The lowest BCUT2D eigenvalue weighted by molar-refractivity contribution is -0.119. The Morgan fingerprint density at radius 3 is 2.85 bits per heavy atom. The van der Waals surface area contributed by atoms with Crippen LogP contribution >= 0.6 is 0 Å². The SMILES string of the molecule is CCC1CC(=O)NC1COc1nccc2cc(C#N)c(OC)cc12.CO. The van der Waals surface area contributed by atoms with E-state index in [1.54, 1.807) is 18.3 Å². The number of benzene rings is 1. The van der Waals surface area contributed by atoms with Crippen molar-refractivity contribution in [1.82, 2.24) is 10.3 Å². The molecule has 1 aliphatic rings. The van der Waals surface area contributed by atoms with Crippen LogP contribution in [-0.4, -0.2) is 42.9 Å². The second-order valence-corrected chi connectivity index (χ2v) is 5.86. The van der Waals surface area contributed by atoms with Crippen molar-refractivity contribution >= 4 is 16.7 Å². The number of hydrogen-bond donors (Lipinski definition) is 2. The van der Waals surface area contributed by atoms with Crippen LogP contribution in [0, 0.1) is 17.2 Å². The quantitative estimate of drug-likeness (QED) is 0.848. The normalized spacial score (nSPS) is 18.5. The van der Waals surface area contributed by atoms with Gasteiger partial charge in [-0.3, -0.25) is 4.79 Å². The second-order valence-electron chi connectivity index (χ2n) is 5.86. The number of fused-ring (bicyclic) bond motifs is 1. The minimum absolute atomic E-state index is 0.000154. The predicted molar refractivity (Wildman–Crippen MR) is 97.0 cm³/mol. The molecule has 1 aliphatic heterocycles. The van der Waals surface area contributed by atoms with Crippen LogP contribution in [0.15, 0.2) is 24.4 Å². The van der Waals surface area contributed by atoms with Gasteiger partial charge in [-0.25, -0.2) is 4.98 Å². The molecule has 0 saturated carbocycles. The molecular weight excluding hydrogens is 334 g/mol. The van der Waals surface area contributed by atoms with Gasteiger partial charge in [0.15, 0.2) is 0 Å². The van der Waals surface area contributed by atoms with E-state index in [0.29, 0.717) is 30.2 Å². The van der Waals surface area contributed by atoms with Crippen molar-refractivity contribution < 1.29 is 19.4 Å². The van der Waals surface area contributed by atoms with Gasteiger partial charge in [-0.05, 0) is 29.5 Å². The molecule has 3 rings (SSSR count). The summed E-state index contributed by atoms with van der Waals surface area (Å²) >= 11 is 0. The second kappa shape index (κ2) is 9.02. The van der Waals surface area contributed by atoms with Crippen molar-refractivity contribution in [2.75, 3.05) is 20.8 Å². The summed E-state index contributed by atoms with van der Waals surface area (Å²) in [5.41, 5.74) is 0.469. The Kier molecular flexibility index (Phi) is 6.75. The van der Waals surface area contributed by atoms with Gasteiger partial charge in [-0.1, -0.05) is 13.3 Å². The number of hydrogen-bond acceptors (Lipinski definition) is 6. The largest absolute Gasteiger partial charge is 0.495 e. The third kappa shape index (κ3) is 4.03. The molecule has 2 atom stereocenters. The van der Waals surface area contributed by atoms with Crippen LogP contribution in [0.3, 0.4) is 0 Å². The van der Waals surface area contributed by atoms with Crippen molar-refractivity contribution in [3.8, 4) is 17.7 Å². The number of aliphatic hydroxyl groups is 1. The maximum Gasteiger partial charge on any atom is 0.221 e. The number of carbonyl (C=O) groups excluding carboxylic acids is 1. The Labute approximate surface area is 152 Å². The molecule has 0 spiro atoms. The highest BCUT2D eigenvalue weighted by atomic mass is 16.5. The Morgan fingerprint density at radius 2 is 2.19 bits per heavy atom. The number of aliphatic hydroxyl groups excluding tert-OH is 1. The van der Waals surface area contributed by atoms with Gasteiger partial charge in [-0.2, -0.15) is 5.26 Å². The van der Waals surface area contributed by atoms with Gasteiger partial charge >= 0.3 is 0 Å². The number of nitriles is 1. The maximum absolute atomic E-state index is 11.6. The Morgan fingerprint density at radius 1 is 1.42 bits per heavy atom. The van der Waals surface area contributed by atoms with Crippen LogP contribution in [0.25, 0.3) is 10.8 Å². The minimum atomic E-state index is -0.000154. The fourth-order valence-electron chi connectivity index (χ4n) is 3.09. The summed E-state index contributed by atoms with van der Waals surface area (Å²) < 4.78 is 11.2. The molecule has 1 amide bonds. The predicted octanol–water partition coefficient (Wildman–Crippen LogP) is 2.02. The zero-order valence-corrected chi connectivity index (χ0v) is 15.2. The summed E-state index contributed by atoms with van der Waals surface area (Å²) in [5, 5.41) is 20.8. The number of nitrogens with zero attached hydrogens (tertiary/aromatic N) is 2. The molecule has 0 bridgehead atoms. The molecule has 2 N–H and O–H groups in total. The lowest BCUT2D eigenvalue weighted by Crippen LogP contribution is -2.34. The molecular formula is C19H23N3O4. The van der Waals surface area contributed by atoms with E-state index in [9.17, 15) is 10.1 Å². The topological polar surface area (TPSA) is 104 Å². The van der Waals surface area contributed by atoms with Gasteiger partial charge in [-0.15, -0.1) is 0 Å². The molecule has 0 radical (unpaired) electrons. The molecule has 7 nitrogen and oxygen atoms in total.